The number of hydrogen-bond donors (Lipinski definition) is 1. The van der Waals surface area contributed by atoms with Gasteiger partial charge in [-0.1, -0.05) is 54.1 Å². The fraction of sp³-hybridized carbons (Fsp3) is 0.235. The van der Waals surface area contributed by atoms with Gasteiger partial charge in [-0.2, -0.15) is 0 Å². The third kappa shape index (κ3) is 4.88. The summed E-state index contributed by atoms with van der Waals surface area (Å²) in [7, 11) is 0. The largest absolute Gasteiger partial charge is 0.480 e. The number of carbonyl (C=O) groups is 1. The predicted octanol–water partition coefficient (Wildman–Crippen LogP) is 3.74. The number of hydrogen-bond acceptors (Lipinski definition) is 2. The topological polar surface area (TPSA) is 40.5 Å². The van der Waals surface area contributed by atoms with Gasteiger partial charge in [0.2, 0.25) is 0 Å². The van der Waals surface area contributed by atoms with E-state index in [1.54, 1.807) is 0 Å². The number of aryl methyl sites for hydroxylation is 1. The molecule has 2 aromatic carbocycles. The first-order valence-electron chi connectivity index (χ1n) is 6.77. The van der Waals surface area contributed by atoms with E-state index in [9.17, 15) is 4.79 Å². The lowest BCUT2D eigenvalue weighted by Crippen LogP contribution is -2.29. The van der Waals surface area contributed by atoms with Gasteiger partial charge in [-0.25, -0.2) is 0 Å². The maximum Gasteiger partial charge on any atom is 0.317 e. The molecular weight excluding hydrogens is 286 g/mol. The minimum atomic E-state index is -0.823. The number of carboxylic acids is 1. The molecule has 0 aliphatic heterocycles. The molecule has 0 amide bonds. The van der Waals surface area contributed by atoms with Gasteiger partial charge in [0.25, 0.3) is 0 Å². The van der Waals surface area contributed by atoms with Crippen molar-refractivity contribution in [3.63, 3.8) is 0 Å². The van der Waals surface area contributed by atoms with Crippen LogP contribution in [0.15, 0.2) is 48.5 Å². The highest BCUT2D eigenvalue weighted by Gasteiger charge is 2.11. The maximum absolute atomic E-state index is 11.0. The Bertz CT molecular complexity index is 613. The fourth-order valence-electron chi connectivity index (χ4n) is 2.26. The number of rotatable bonds is 6. The highest BCUT2D eigenvalue weighted by molar-refractivity contribution is 6.31. The minimum absolute atomic E-state index is 0.0105. The van der Waals surface area contributed by atoms with Gasteiger partial charge in [0.15, 0.2) is 0 Å². The van der Waals surface area contributed by atoms with Crippen molar-refractivity contribution in [1.29, 1.82) is 0 Å². The number of aliphatic carboxylic acids is 1. The lowest BCUT2D eigenvalue weighted by molar-refractivity contribution is -0.138. The summed E-state index contributed by atoms with van der Waals surface area (Å²) in [6, 6.07) is 15.7. The van der Waals surface area contributed by atoms with Gasteiger partial charge in [-0.3, -0.25) is 9.69 Å². The molecule has 4 heteroatoms. The zero-order valence-corrected chi connectivity index (χ0v) is 12.7. The van der Waals surface area contributed by atoms with Gasteiger partial charge < -0.3 is 5.11 Å². The van der Waals surface area contributed by atoms with Crippen molar-refractivity contribution >= 4 is 17.6 Å². The van der Waals surface area contributed by atoms with Crippen LogP contribution in [0.5, 0.6) is 0 Å². The minimum Gasteiger partial charge on any atom is -0.480 e. The molecule has 3 nitrogen and oxygen atoms in total. The quantitative estimate of drug-likeness (QED) is 0.884. The van der Waals surface area contributed by atoms with Crippen LogP contribution >= 0.6 is 11.6 Å². The molecule has 0 saturated heterocycles. The van der Waals surface area contributed by atoms with E-state index in [0.29, 0.717) is 13.1 Å². The van der Waals surface area contributed by atoms with E-state index in [0.717, 1.165) is 21.7 Å². The molecule has 1 N–H and O–H groups in total. The van der Waals surface area contributed by atoms with Crippen molar-refractivity contribution in [3.05, 3.63) is 70.2 Å². The molecule has 0 fully saturated rings. The van der Waals surface area contributed by atoms with E-state index in [-0.39, 0.29) is 6.54 Å². The lowest BCUT2D eigenvalue weighted by atomic mass is 10.1. The molecule has 21 heavy (non-hydrogen) atoms. The van der Waals surface area contributed by atoms with Crippen LogP contribution in [-0.4, -0.2) is 22.5 Å². The molecule has 2 aromatic rings. The number of halogens is 1. The average Bonchev–Trinajstić information content (AvgIpc) is 2.43. The van der Waals surface area contributed by atoms with E-state index in [4.69, 9.17) is 16.7 Å². The smallest absolute Gasteiger partial charge is 0.317 e. The Hall–Kier alpha value is -1.84. The van der Waals surface area contributed by atoms with Crippen LogP contribution in [0.3, 0.4) is 0 Å². The molecule has 0 atom stereocenters. The molecule has 0 aliphatic rings. The highest BCUT2D eigenvalue weighted by Crippen LogP contribution is 2.18. The Morgan fingerprint density at radius 2 is 1.76 bits per heavy atom. The van der Waals surface area contributed by atoms with Gasteiger partial charge >= 0.3 is 5.97 Å². The summed E-state index contributed by atoms with van der Waals surface area (Å²) in [5.41, 5.74) is 3.17. The van der Waals surface area contributed by atoms with Gasteiger partial charge in [0.05, 0.1) is 6.54 Å². The Morgan fingerprint density at radius 1 is 1.10 bits per heavy atom. The summed E-state index contributed by atoms with van der Waals surface area (Å²) in [5.74, 6) is -0.823. The summed E-state index contributed by atoms with van der Waals surface area (Å²) in [6.45, 7) is 3.15. The first-order chi connectivity index (χ1) is 10.0. The van der Waals surface area contributed by atoms with Gasteiger partial charge in [-0.05, 0) is 29.7 Å². The third-order valence-electron chi connectivity index (χ3n) is 3.24. The van der Waals surface area contributed by atoms with E-state index in [1.807, 2.05) is 60.4 Å². The average molecular weight is 304 g/mol. The summed E-state index contributed by atoms with van der Waals surface area (Å²) in [4.78, 5) is 13.0. The van der Waals surface area contributed by atoms with Crippen LogP contribution < -0.4 is 0 Å². The molecule has 2 rings (SSSR count). The summed E-state index contributed by atoms with van der Waals surface area (Å²) >= 11 is 6.02. The lowest BCUT2D eigenvalue weighted by Gasteiger charge is -2.21. The van der Waals surface area contributed by atoms with Crippen molar-refractivity contribution in [2.45, 2.75) is 20.0 Å². The molecule has 0 saturated carbocycles. The Kier molecular flexibility index (Phi) is 5.37. The zero-order valence-electron chi connectivity index (χ0n) is 11.9. The summed E-state index contributed by atoms with van der Waals surface area (Å²) in [6.07, 6.45) is 0. The van der Waals surface area contributed by atoms with Crippen LogP contribution in [-0.2, 0) is 17.9 Å². The Labute approximate surface area is 129 Å². The van der Waals surface area contributed by atoms with Crippen molar-refractivity contribution in [1.82, 2.24) is 4.90 Å². The van der Waals surface area contributed by atoms with Crippen LogP contribution in [0.2, 0.25) is 5.02 Å². The Morgan fingerprint density at radius 3 is 2.38 bits per heavy atom. The van der Waals surface area contributed by atoms with Gasteiger partial charge in [-0.15, -0.1) is 0 Å². The van der Waals surface area contributed by atoms with E-state index >= 15 is 0 Å². The maximum atomic E-state index is 11.0. The summed E-state index contributed by atoms with van der Waals surface area (Å²) in [5, 5.41) is 9.80. The molecule has 0 unspecified atom stereocenters. The Balaban J connectivity index is 2.12. The highest BCUT2D eigenvalue weighted by atomic mass is 35.5. The molecular formula is C17H18ClNO2. The predicted molar refractivity (Wildman–Crippen MR) is 84.4 cm³/mol. The number of benzene rings is 2. The number of carboxylic acid groups (broad SMARTS) is 1. The standard InChI is InChI=1S/C17H18ClNO2/c1-13-9-15(7-8-16(13)18)11-19(12-17(20)21)10-14-5-3-2-4-6-14/h2-9H,10-12H2,1H3,(H,20,21). The van der Waals surface area contributed by atoms with Crippen LogP contribution in [0, 0.1) is 6.92 Å². The first-order valence-corrected chi connectivity index (χ1v) is 7.15. The number of nitrogens with zero attached hydrogens (tertiary/aromatic N) is 1. The second-order valence-electron chi connectivity index (χ2n) is 5.11. The zero-order chi connectivity index (χ0) is 15.2. The molecule has 0 heterocycles. The molecule has 0 aliphatic carbocycles. The van der Waals surface area contributed by atoms with E-state index in [1.165, 1.54) is 0 Å². The molecule has 0 spiro atoms. The molecule has 0 radical (unpaired) electrons. The van der Waals surface area contributed by atoms with Crippen LogP contribution in [0.1, 0.15) is 16.7 Å². The van der Waals surface area contributed by atoms with Crippen molar-refractivity contribution < 1.29 is 9.90 Å². The molecule has 110 valence electrons. The fourth-order valence-corrected chi connectivity index (χ4v) is 2.38. The SMILES string of the molecule is Cc1cc(CN(CC(=O)O)Cc2ccccc2)ccc1Cl. The van der Waals surface area contributed by atoms with Crippen molar-refractivity contribution in [2.24, 2.45) is 0 Å². The monoisotopic (exact) mass is 303 g/mol. The van der Waals surface area contributed by atoms with E-state index < -0.39 is 5.97 Å². The second-order valence-corrected chi connectivity index (χ2v) is 5.52. The third-order valence-corrected chi connectivity index (χ3v) is 3.66. The molecule has 0 aromatic heterocycles. The van der Waals surface area contributed by atoms with Gasteiger partial charge in [0.1, 0.15) is 0 Å². The van der Waals surface area contributed by atoms with Crippen LogP contribution in [0.25, 0.3) is 0 Å². The second kappa shape index (κ2) is 7.25. The van der Waals surface area contributed by atoms with Crippen molar-refractivity contribution in [2.75, 3.05) is 6.54 Å². The normalized spacial score (nSPS) is 10.8. The molecule has 0 bridgehead atoms. The first kappa shape index (κ1) is 15.5. The van der Waals surface area contributed by atoms with Gasteiger partial charge in [0, 0.05) is 18.1 Å². The van der Waals surface area contributed by atoms with Crippen LogP contribution in [0.4, 0.5) is 0 Å². The van der Waals surface area contributed by atoms with E-state index in [2.05, 4.69) is 0 Å². The summed E-state index contributed by atoms with van der Waals surface area (Å²) < 4.78 is 0. The van der Waals surface area contributed by atoms with Crippen molar-refractivity contribution in [3.8, 4) is 0 Å².